The molecule has 1 unspecified atom stereocenters. The molecule has 2 rings (SSSR count). The molecule has 0 aliphatic heterocycles. The van der Waals surface area contributed by atoms with E-state index in [1.54, 1.807) is 30.3 Å². The van der Waals surface area contributed by atoms with Crippen molar-refractivity contribution in [1.29, 1.82) is 0 Å². The van der Waals surface area contributed by atoms with Crippen molar-refractivity contribution in [3.05, 3.63) is 46.5 Å². The van der Waals surface area contributed by atoms with E-state index in [-0.39, 0.29) is 12.5 Å². The number of hydrogen-bond acceptors (Lipinski definition) is 5. The fourth-order valence-electron chi connectivity index (χ4n) is 1.75. The number of aliphatic hydroxyl groups excluding tert-OH is 1. The number of hydrogen-bond donors (Lipinski definition) is 2. The number of anilines is 1. The monoisotopic (exact) mass is 292 g/mol. The maximum absolute atomic E-state index is 12.0. The molecule has 0 aliphatic rings. The van der Waals surface area contributed by atoms with Gasteiger partial charge in [0, 0.05) is 17.7 Å². The number of carbonyl (C=O) groups excluding carboxylic acids is 1. The molecule has 0 fully saturated rings. The molecule has 0 spiro atoms. The lowest BCUT2D eigenvalue weighted by Crippen LogP contribution is -2.13. The van der Waals surface area contributed by atoms with Crippen LogP contribution in [0.4, 0.5) is 5.69 Å². The number of rotatable bonds is 5. The molecular weight excluding hydrogens is 276 g/mol. The largest absolute Gasteiger partial charge is 0.386 e. The predicted molar refractivity (Wildman–Crippen MR) is 78.1 cm³/mol. The number of aliphatic hydroxyl groups is 1. The topological polar surface area (TPSA) is 71.5 Å². The maximum atomic E-state index is 12.0. The van der Waals surface area contributed by atoms with Gasteiger partial charge in [-0.05, 0) is 42.2 Å². The molecule has 20 heavy (non-hydrogen) atoms. The molecular formula is C14H16N2O3S. The van der Waals surface area contributed by atoms with E-state index in [4.69, 9.17) is 4.74 Å². The van der Waals surface area contributed by atoms with Crippen LogP contribution in [-0.4, -0.2) is 29.1 Å². The van der Waals surface area contributed by atoms with E-state index in [0.717, 1.165) is 4.88 Å². The summed E-state index contributed by atoms with van der Waals surface area (Å²) in [6.07, 6.45) is -0.710. The Kier molecular flexibility index (Phi) is 4.84. The molecule has 1 amide bonds. The van der Waals surface area contributed by atoms with Crippen LogP contribution in [0.1, 0.15) is 27.0 Å². The van der Waals surface area contributed by atoms with E-state index < -0.39 is 6.10 Å². The number of aromatic nitrogens is 1. The van der Waals surface area contributed by atoms with Gasteiger partial charge in [-0.25, -0.2) is 0 Å². The van der Waals surface area contributed by atoms with Crippen LogP contribution in [0.25, 0.3) is 0 Å². The normalized spacial score (nSPS) is 12.2. The molecule has 2 N–H and O–H groups in total. The first-order valence-corrected chi connectivity index (χ1v) is 6.89. The predicted octanol–water partition coefficient (Wildman–Crippen LogP) is 2.38. The zero-order valence-electron chi connectivity index (χ0n) is 11.3. The second-order valence-corrected chi connectivity index (χ2v) is 5.38. The first-order valence-electron chi connectivity index (χ1n) is 6.12. The van der Waals surface area contributed by atoms with Crippen LogP contribution in [0.3, 0.4) is 0 Å². The number of ether oxygens (including phenoxy) is 1. The van der Waals surface area contributed by atoms with Gasteiger partial charge in [0.05, 0.1) is 6.61 Å². The number of carbonyl (C=O) groups is 1. The van der Waals surface area contributed by atoms with Crippen molar-refractivity contribution in [3.63, 3.8) is 0 Å². The molecule has 2 aromatic rings. The average molecular weight is 292 g/mol. The maximum Gasteiger partial charge on any atom is 0.275 e. The zero-order chi connectivity index (χ0) is 14.5. The Morgan fingerprint density at radius 1 is 1.50 bits per heavy atom. The molecule has 1 aromatic heterocycles. The SMILES string of the molecule is COCC(O)c1cccc(NC(=O)c2cc(C)sn2)c1. The minimum atomic E-state index is -0.710. The van der Waals surface area contributed by atoms with Gasteiger partial charge in [-0.2, -0.15) is 4.37 Å². The first kappa shape index (κ1) is 14.6. The minimum Gasteiger partial charge on any atom is -0.386 e. The Bertz CT molecular complexity index is 598. The van der Waals surface area contributed by atoms with Crippen molar-refractivity contribution in [1.82, 2.24) is 4.37 Å². The van der Waals surface area contributed by atoms with Gasteiger partial charge in [-0.15, -0.1) is 0 Å². The summed E-state index contributed by atoms with van der Waals surface area (Å²) >= 11 is 1.29. The summed E-state index contributed by atoms with van der Waals surface area (Å²) < 4.78 is 8.96. The third-order valence-electron chi connectivity index (χ3n) is 2.71. The van der Waals surface area contributed by atoms with Crippen molar-refractivity contribution in [2.75, 3.05) is 19.0 Å². The summed E-state index contributed by atoms with van der Waals surface area (Å²) in [6, 6.07) is 8.78. The highest BCUT2D eigenvalue weighted by atomic mass is 32.1. The molecule has 1 atom stereocenters. The van der Waals surface area contributed by atoms with Crippen molar-refractivity contribution >= 4 is 23.1 Å². The van der Waals surface area contributed by atoms with Crippen molar-refractivity contribution in [3.8, 4) is 0 Å². The lowest BCUT2D eigenvalue weighted by atomic mass is 10.1. The molecule has 6 heteroatoms. The van der Waals surface area contributed by atoms with Crippen molar-refractivity contribution < 1.29 is 14.6 Å². The van der Waals surface area contributed by atoms with E-state index in [9.17, 15) is 9.90 Å². The zero-order valence-corrected chi connectivity index (χ0v) is 12.1. The molecule has 0 bridgehead atoms. The first-order chi connectivity index (χ1) is 9.60. The number of amides is 1. The van der Waals surface area contributed by atoms with Gasteiger partial charge in [0.2, 0.25) is 0 Å². The Balaban J connectivity index is 2.09. The fraction of sp³-hybridized carbons (Fsp3) is 0.286. The van der Waals surface area contributed by atoms with Crippen LogP contribution in [0, 0.1) is 6.92 Å². The molecule has 0 saturated heterocycles. The van der Waals surface area contributed by atoms with Crippen LogP contribution in [0.15, 0.2) is 30.3 Å². The van der Waals surface area contributed by atoms with Gasteiger partial charge in [0.25, 0.3) is 5.91 Å². The van der Waals surface area contributed by atoms with E-state index in [1.165, 1.54) is 18.6 Å². The molecule has 1 aromatic carbocycles. The number of nitrogens with one attached hydrogen (secondary N) is 1. The van der Waals surface area contributed by atoms with Gasteiger partial charge >= 0.3 is 0 Å². The highest BCUT2D eigenvalue weighted by Gasteiger charge is 2.11. The summed E-state index contributed by atoms with van der Waals surface area (Å²) in [6.45, 7) is 2.11. The molecule has 5 nitrogen and oxygen atoms in total. The van der Waals surface area contributed by atoms with Gasteiger partial charge in [-0.3, -0.25) is 4.79 Å². The molecule has 0 aliphatic carbocycles. The quantitative estimate of drug-likeness (QED) is 0.887. The Morgan fingerprint density at radius 2 is 2.30 bits per heavy atom. The average Bonchev–Trinajstić information content (AvgIpc) is 2.86. The molecule has 1 heterocycles. The summed E-state index contributed by atoms with van der Waals surface area (Å²) in [5.74, 6) is -0.257. The Morgan fingerprint density at radius 3 is 2.95 bits per heavy atom. The second kappa shape index (κ2) is 6.60. The van der Waals surface area contributed by atoms with Crippen LogP contribution in [0.2, 0.25) is 0 Å². The third-order valence-corrected chi connectivity index (χ3v) is 3.41. The number of nitrogens with zero attached hydrogens (tertiary/aromatic N) is 1. The van der Waals surface area contributed by atoms with Gasteiger partial charge in [-0.1, -0.05) is 12.1 Å². The lowest BCUT2D eigenvalue weighted by molar-refractivity contribution is 0.0644. The smallest absolute Gasteiger partial charge is 0.275 e. The highest BCUT2D eigenvalue weighted by Crippen LogP contribution is 2.19. The standard InChI is InChI=1S/C14H16N2O3S/c1-9-6-12(16-20-9)14(18)15-11-5-3-4-10(7-11)13(17)8-19-2/h3-7,13,17H,8H2,1-2H3,(H,15,18). The molecule has 0 radical (unpaired) electrons. The Hall–Kier alpha value is -1.76. The molecule has 0 saturated carbocycles. The van der Waals surface area contributed by atoms with Crippen molar-refractivity contribution in [2.24, 2.45) is 0 Å². The Labute approximate surface area is 121 Å². The van der Waals surface area contributed by atoms with Crippen LogP contribution in [0.5, 0.6) is 0 Å². The fourth-order valence-corrected chi connectivity index (χ4v) is 2.29. The van der Waals surface area contributed by atoms with E-state index in [1.807, 2.05) is 6.92 Å². The van der Waals surface area contributed by atoms with E-state index in [2.05, 4.69) is 9.69 Å². The van der Waals surface area contributed by atoms with E-state index in [0.29, 0.717) is 16.9 Å². The molecule has 106 valence electrons. The highest BCUT2D eigenvalue weighted by molar-refractivity contribution is 7.05. The summed E-state index contributed by atoms with van der Waals surface area (Å²) in [7, 11) is 1.53. The number of benzene rings is 1. The van der Waals surface area contributed by atoms with E-state index >= 15 is 0 Å². The summed E-state index contributed by atoms with van der Waals surface area (Å²) in [4.78, 5) is 13.0. The van der Waals surface area contributed by atoms with Gasteiger partial charge in [0.1, 0.15) is 11.8 Å². The third kappa shape index (κ3) is 3.63. The number of methoxy groups -OCH3 is 1. The van der Waals surface area contributed by atoms with Crippen LogP contribution in [-0.2, 0) is 4.74 Å². The van der Waals surface area contributed by atoms with Crippen molar-refractivity contribution in [2.45, 2.75) is 13.0 Å². The van der Waals surface area contributed by atoms with Crippen LogP contribution < -0.4 is 5.32 Å². The lowest BCUT2D eigenvalue weighted by Gasteiger charge is -2.11. The van der Waals surface area contributed by atoms with Crippen LogP contribution >= 0.6 is 11.5 Å². The second-order valence-electron chi connectivity index (χ2n) is 4.37. The minimum absolute atomic E-state index is 0.211. The van der Waals surface area contributed by atoms with Gasteiger partial charge in [0.15, 0.2) is 0 Å². The summed E-state index contributed by atoms with van der Waals surface area (Å²) in [5, 5.41) is 12.6. The number of aryl methyl sites for hydroxylation is 1. The van der Waals surface area contributed by atoms with Gasteiger partial charge < -0.3 is 15.2 Å². The summed E-state index contributed by atoms with van der Waals surface area (Å²) in [5.41, 5.74) is 1.71.